The van der Waals surface area contributed by atoms with Crippen LogP contribution in [0.5, 0.6) is 5.75 Å². The van der Waals surface area contributed by atoms with Gasteiger partial charge in [-0.15, -0.1) is 0 Å². The van der Waals surface area contributed by atoms with E-state index in [2.05, 4.69) is 5.10 Å². The van der Waals surface area contributed by atoms with Gasteiger partial charge >= 0.3 is 11.9 Å². The molecule has 1 aromatic heterocycles. The maximum Gasteiger partial charge on any atom is 0.355 e. The van der Waals surface area contributed by atoms with E-state index in [1.165, 1.54) is 20.3 Å². The van der Waals surface area contributed by atoms with Crippen LogP contribution in [0.3, 0.4) is 0 Å². The van der Waals surface area contributed by atoms with Crippen LogP contribution in [-0.4, -0.2) is 35.9 Å². The van der Waals surface area contributed by atoms with Gasteiger partial charge < -0.3 is 19.1 Å². The van der Waals surface area contributed by atoms with E-state index >= 15 is 0 Å². The van der Waals surface area contributed by atoms with Crippen molar-refractivity contribution in [3.05, 3.63) is 77.4 Å². The Labute approximate surface area is 181 Å². The zero-order valence-electron chi connectivity index (χ0n) is 18.0. The van der Waals surface area contributed by atoms with E-state index in [9.17, 15) is 9.59 Å². The summed E-state index contributed by atoms with van der Waals surface area (Å²) in [5, 5.41) is 4.32. The van der Waals surface area contributed by atoms with Crippen LogP contribution in [0.2, 0.25) is 0 Å². The molecule has 2 heterocycles. The summed E-state index contributed by atoms with van der Waals surface area (Å²) in [5.74, 6) is -0.616. The van der Waals surface area contributed by atoms with E-state index in [-0.39, 0.29) is 11.3 Å². The molecule has 1 aliphatic heterocycles. The molecule has 0 aliphatic carbocycles. The van der Waals surface area contributed by atoms with Gasteiger partial charge in [0, 0.05) is 29.7 Å². The standard InChI is InChI=1S/C23H25N3O5/c1-5-26-16(2)17(14-24-26)15-31-19-11-9-18(10-12-19)25-13-7-6-8-20(22(27)29-3)21(25)23(28)30-4/h6-14H,5,15H2,1-4H3. The van der Waals surface area contributed by atoms with Crippen molar-refractivity contribution in [2.45, 2.75) is 27.0 Å². The van der Waals surface area contributed by atoms with Gasteiger partial charge in [-0.3, -0.25) is 4.68 Å². The first-order valence-electron chi connectivity index (χ1n) is 9.79. The maximum atomic E-state index is 12.5. The molecule has 0 atom stereocenters. The van der Waals surface area contributed by atoms with Crippen LogP contribution in [0.4, 0.5) is 5.69 Å². The highest BCUT2D eigenvalue weighted by atomic mass is 16.5. The minimum absolute atomic E-state index is 0.0654. The molecule has 8 heteroatoms. The predicted molar refractivity (Wildman–Crippen MR) is 115 cm³/mol. The fourth-order valence-electron chi connectivity index (χ4n) is 3.18. The Kier molecular flexibility index (Phi) is 6.92. The van der Waals surface area contributed by atoms with E-state index in [1.807, 2.05) is 24.7 Å². The molecule has 0 saturated carbocycles. The van der Waals surface area contributed by atoms with Gasteiger partial charge in [0.15, 0.2) is 0 Å². The van der Waals surface area contributed by atoms with Crippen molar-refractivity contribution >= 4 is 17.6 Å². The topological polar surface area (TPSA) is 82.9 Å². The lowest BCUT2D eigenvalue weighted by atomic mass is 10.1. The van der Waals surface area contributed by atoms with Crippen molar-refractivity contribution < 1.29 is 23.8 Å². The molecule has 8 nitrogen and oxygen atoms in total. The van der Waals surface area contributed by atoms with E-state index in [0.717, 1.165) is 17.8 Å². The summed E-state index contributed by atoms with van der Waals surface area (Å²) in [6, 6.07) is 7.19. The Hall–Kier alpha value is -3.81. The highest BCUT2D eigenvalue weighted by Gasteiger charge is 2.27. The Morgan fingerprint density at radius 1 is 1.03 bits per heavy atom. The van der Waals surface area contributed by atoms with Crippen LogP contribution in [0.25, 0.3) is 0 Å². The van der Waals surface area contributed by atoms with Gasteiger partial charge in [-0.1, -0.05) is 6.08 Å². The summed E-state index contributed by atoms with van der Waals surface area (Å²) in [6.07, 6.45) is 8.38. The van der Waals surface area contributed by atoms with E-state index in [1.54, 1.807) is 47.5 Å². The van der Waals surface area contributed by atoms with Gasteiger partial charge in [-0.05, 0) is 50.3 Å². The van der Waals surface area contributed by atoms with Gasteiger partial charge in [0.25, 0.3) is 0 Å². The van der Waals surface area contributed by atoms with Crippen molar-refractivity contribution in [1.29, 1.82) is 0 Å². The van der Waals surface area contributed by atoms with Crippen molar-refractivity contribution in [3.63, 3.8) is 0 Å². The Morgan fingerprint density at radius 2 is 1.74 bits per heavy atom. The average molecular weight is 423 g/mol. The molecule has 0 amide bonds. The Balaban J connectivity index is 1.84. The molecule has 3 rings (SSSR count). The van der Waals surface area contributed by atoms with Crippen LogP contribution in [0.1, 0.15) is 18.2 Å². The molecule has 1 aromatic carbocycles. The first kappa shape index (κ1) is 21.9. The summed E-state index contributed by atoms with van der Waals surface area (Å²) < 4.78 is 17.5. The number of carbonyl (C=O) groups excluding carboxylic acids is 2. The zero-order chi connectivity index (χ0) is 22.4. The molecular formula is C23H25N3O5. The highest BCUT2D eigenvalue weighted by molar-refractivity contribution is 6.05. The fraction of sp³-hybridized carbons (Fsp3) is 0.261. The number of esters is 2. The minimum Gasteiger partial charge on any atom is -0.489 e. The summed E-state index contributed by atoms with van der Waals surface area (Å²) >= 11 is 0. The molecule has 0 fully saturated rings. The van der Waals surface area contributed by atoms with E-state index < -0.39 is 11.9 Å². The smallest absolute Gasteiger partial charge is 0.355 e. The van der Waals surface area contributed by atoms with Gasteiger partial charge in [0.05, 0.1) is 26.0 Å². The van der Waals surface area contributed by atoms with Crippen molar-refractivity contribution in [3.8, 4) is 5.75 Å². The highest BCUT2D eigenvalue weighted by Crippen LogP contribution is 2.28. The number of hydrogen-bond donors (Lipinski definition) is 0. The molecule has 0 N–H and O–H groups in total. The third-order valence-corrected chi connectivity index (χ3v) is 4.90. The number of hydrogen-bond acceptors (Lipinski definition) is 7. The minimum atomic E-state index is -0.652. The normalized spacial score (nSPS) is 13.2. The Morgan fingerprint density at radius 3 is 2.35 bits per heavy atom. The number of rotatable bonds is 7. The van der Waals surface area contributed by atoms with Crippen LogP contribution >= 0.6 is 0 Å². The van der Waals surface area contributed by atoms with Gasteiger partial charge in [0.1, 0.15) is 18.1 Å². The lowest BCUT2D eigenvalue weighted by molar-refractivity contribution is -0.139. The van der Waals surface area contributed by atoms with E-state index in [4.69, 9.17) is 14.2 Å². The summed E-state index contributed by atoms with van der Waals surface area (Å²) in [4.78, 5) is 26.3. The molecule has 0 unspecified atom stereocenters. The number of carbonyl (C=O) groups is 2. The van der Waals surface area contributed by atoms with Crippen molar-refractivity contribution in [2.75, 3.05) is 19.1 Å². The largest absolute Gasteiger partial charge is 0.489 e. The van der Waals surface area contributed by atoms with Crippen LogP contribution in [0, 0.1) is 6.92 Å². The van der Waals surface area contributed by atoms with Crippen LogP contribution in [0.15, 0.2) is 66.2 Å². The number of anilines is 1. The monoisotopic (exact) mass is 423 g/mol. The SMILES string of the molecule is CCn1ncc(COc2ccc(N3C=CC=CC(C(=O)OC)=C3C(=O)OC)cc2)c1C. The summed E-state index contributed by atoms with van der Waals surface area (Å²) in [7, 11) is 2.53. The molecule has 0 saturated heterocycles. The first-order chi connectivity index (χ1) is 15.0. The lowest BCUT2D eigenvalue weighted by Gasteiger charge is -2.23. The molecule has 0 bridgehead atoms. The number of nitrogens with zero attached hydrogens (tertiary/aromatic N) is 3. The number of methoxy groups -OCH3 is 2. The van der Waals surface area contributed by atoms with Crippen molar-refractivity contribution in [1.82, 2.24) is 9.78 Å². The predicted octanol–water partition coefficient (Wildman–Crippen LogP) is 3.28. The molecular weight excluding hydrogens is 398 g/mol. The molecule has 0 spiro atoms. The third kappa shape index (κ3) is 4.69. The second-order valence-electron chi connectivity index (χ2n) is 6.67. The molecule has 162 valence electrons. The molecule has 31 heavy (non-hydrogen) atoms. The third-order valence-electron chi connectivity index (χ3n) is 4.90. The van der Waals surface area contributed by atoms with Crippen LogP contribution in [-0.2, 0) is 32.2 Å². The summed E-state index contributed by atoms with van der Waals surface area (Å²) in [5.41, 5.74) is 2.92. The van der Waals surface area contributed by atoms with E-state index in [0.29, 0.717) is 18.0 Å². The number of benzene rings is 1. The molecule has 0 radical (unpaired) electrons. The second-order valence-corrected chi connectivity index (χ2v) is 6.67. The average Bonchev–Trinajstić information content (AvgIpc) is 3.01. The molecule has 2 aromatic rings. The number of allylic oxidation sites excluding steroid dienone is 2. The number of aromatic nitrogens is 2. The lowest BCUT2D eigenvalue weighted by Crippen LogP contribution is -2.26. The number of aryl methyl sites for hydroxylation is 1. The Bertz CT molecular complexity index is 1050. The zero-order valence-corrected chi connectivity index (χ0v) is 18.0. The van der Waals surface area contributed by atoms with Crippen molar-refractivity contribution in [2.24, 2.45) is 0 Å². The quantitative estimate of drug-likeness (QED) is 0.632. The first-order valence-corrected chi connectivity index (χ1v) is 9.79. The maximum absolute atomic E-state index is 12.5. The number of ether oxygens (including phenoxy) is 3. The summed E-state index contributed by atoms with van der Waals surface area (Å²) in [6.45, 7) is 5.26. The van der Waals surface area contributed by atoms with Gasteiger partial charge in [-0.2, -0.15) is 5.10 Å². The van der Waals surface area contributed by atoms with Gasteiger partial charge in [0.2, 0.25) is 0 Å². The molecule has 1 aliphatic rings. The van der Waals surface area contributed by atoms with Gasteiger partial charge in [-0.25, -0.2) is 9.59 Å². The fourth-order valence-corrected chi connectivity index (χ4v) is 3.18. The second kappa shape index (κ2) is 9.80. The van der Waals surface area contributed by atoms with Crippen LogP contribution < -0.4 is 9.64 Å².